The summed E-state index contributed by atoms with van der Waals surface area (Å²) in [5.74, 6) is 2.36. The van der Waals surface area contributed by atoms with Crippen molar-refractivity contribution in [2.75, 3.05) is 19.9 Å². The molecule has 0 bridgehead atoms. The topological polar surface area (TPSA) is 30.5 Å². The van der Waals surface area contributed by atoms with E-state index in [9.17, 15) is 0 Å². The molecule has 3 nitrogen and oxygen atoms in total. The van der Waals surface area contributed by atoms with Crippen LogP contribution in [-0.2, 0) is 6.42 Å². The lowest BCUT2D eigenvalue weighted by atomic mass is 10.1. The van der Waals surface area contributed by atoms with E-state index in [4.69, 9.17) is 9.47 Å². The van der Waals surface area contributed by atoms with Crippen molar-refractivity contribution >= 4 is 15.9 Å². The van der Waals surface area contributed by atoms with Crippen LogP contribution >= 0.6 is 15.9 Å². The fourth-order valence-corrected chi connectivity index (χ4v) is 2.39. The average molecular weight is 300 g/mol. The predicted octanol–water partition coefficient (Wildman–Crippen LogP) is 2.97. The summed E-state index contributed by atoms with van der Waals surface area (Å²) in [5.41, 5.74) is 1.26. The van der Waals surface area contributed by atoms with Crippen LogP contribution in [0.1, 0.15) is 19.4 Å². The third kappa shape index (κ3) is 3.36. The van der Waals surface area contributed by atoms with Crippen molar-refractivity contribution in [3.05, 3.63) is 22.2 Å². The number of ether oxygens (including phenoxy) is 2. The zero-order valence-electron chi connectivity index (χ0n) is 10.3. The summed E-state index contributed by atoms with van der Waals surface area (Å²) in [4.78, 5) is 0. The minimum absolute atomic E-state index is 0.322. The van der Waals surface area contributed by atoms with Gasteiger partial charge in [-0.2, -0.15) is 0 Å². The van der Waals surface area contributed by atoms with E-state index < -0.39 is 0 Å². The number of benzene rings is 1. The Hall–Kier alpha value is -0.740. The van der Waals surface area contributed by atoms with Gasteiger partial charge < -0.3 is 14.8 Å². The number of hydrogen-bond donors (Lipinski definition) is 1. The van der Waals surface area contributed by atoms with E-state index in [0.717, 1.165) is 35.5 Å². The minimum atomic E-state index is 0.322. The first-order valence-electron chi connectivity index (χ1n) is 5.95. The van der Waals surface area contributed by atoms with Crippen LogP contribution in [0.25, 0.3) is 0 Å². The fraction of sp³-hybridized carbons (Fsp3) is 0.538. The molecule has 0 radical (unpaired) electrons. The van der Waals surface area contributed by atoms with Crippen molar-refractivity contribution in [2.45, 2.75) is 20.3 Å². The second-order valence-corrected chi connectivity index (χ2v) is 5.51. The molecule has 1 N–H and O–H groups in total. The predicted molar refractivity (Wildman–Crippen MR) is 71.7 cm³/mol. The molecule has 1 aromatic rings. The molecule has 1 aliphatic heterocycles. The van der Waals surface area contributed by atoms with E-state index in [0.29, 0.717) is 12.7 Å². The van der Waals surface area contributed by atoms with Gasteiger partial charge in [0.2, 0.25) is 6.79 Å². The molecule has 2 rings (SSSR count). The Bertz CT molecular complexity index is 393. The lowest BCUT2D eigenvalue weighted by molar-refractivity contribution is 0.173. The van der Waals surface area contributed by atoms with E-state index in [1.54, 1.807) is 0 Å². The highest BCUT2D eigenvalue weighted by Gasteiger charge is 2.17. The van der Waals surface area contributed by atoms with Crippen LogP contribution in [0, 0.1) is 5.92 Å². The molecule has 0 saturated carbocycles. The lowest BCUT2D eigenvalue weighted by Crippen LogP contribution is -2.22. The Labute approximate surface area is 111 Å². The largest absolute Gasteiger partial charge is 0.454 e. The highest BCUT2D eigenvalue weighted by Crippen LogP contribution is 2.39. The van der Waals surface area contributed by atoms with Crippen molar-refractivity contribution in [3.63, 3.8) is 0 Å². The van der Waals surface area contributed by atoms with Crippen molar-refractivity contribution < 1.29 is 9.47 Å². The van der Waals surface area contributed by atoms with Gasteiger partial charge in [0, 0.05) is 0 Å². The summed E-state index contributed by atoms with van der Waals surface area (Å²) in [6.07, 6.45) is 1.00. The molecule has 4 heteroatoms. The molecule has 94 valence electrons. The van der Waals surface area contributed by atoms with Gasteiger partial charge in [-0.3, -0.25) is 0 Å². The van der Waals surface area contributed by atoms with Crippen molar-refractivity contribution in [1.82, 2.24) is 5.32 Å². The van der Waals surface area contributed by atoms with Gasteiger partial charge in [0.15, 0.2) is 11.5 Å². The molecule has 0 aliphatic carbocycles. The lowest BCUT2D eigenvalue weighted by Gasteiger charge is -2.08. The van der Waals surface area contributed by atoms with Gasteiger partial charge >= 0.3 is 0 Å². The maximum atomic E-state index is 5.39. The maximum absolute atomic E-state index is 5.39. The molecule has 1 aliphatic rings. The van der Waals surface area contributed by atoms with Gasteiger partial charge in [0.05, 0.1) is 4.47 Å². The third-order valence-corrected chi connectivity index (χ3v) is 3.22. The molecule has 0 aromatic heterocycles. The Kier molecular flexibility index (Phi) is 4.29. The summed E-state index contributed by atoms with van der Waals surface area (Å²) in [5, 5.41) is 3.43. The zero-order chi connectivity index (χ0) is 12.3. The van der Waals surface area contributed by atoms with Crippen LogP contribution in [0.4, 0.5) is 0 Å². The van der Waals surface area contributed by atoms with Crippen molar-refractivity contribution in [2.24, 2.45) is 5.92 Å². The van der Waals surface area contributed by atoms with Crippen LogP contribution in [0.2, 0.25) is 0 Å². The first-order chi connectivity index (χ1) is 8.16. The van der Waals surface area contributed by atoms with Crippen LogP contribution in [0.15, 0.2) is 16.6 Å². The van der Waals surface area contributed by atoms with E-state index in [1.165, 1.54) is 5.56 Å². The number of nitrogens with one attached hydrogen (secondary N) is 1. The summed E-state index contributed by atoms with van der Waals surface area (Å²) in [7, 11) is 0. The molecule has 0 fully saturated rings. The van der Waals surface area contributed by atoms with Gasteiger partial charge in [-0.1, -0.05) is 13.8 Å². The van der Waals surface area contributed by atoms with Gasteiger partial charge in [-0.25, -0.2) is 0 Å². The summed E-state index contributed by atoms with van der Waals surface area (Å²) in [6, 6.07) is 4.16. The fourth-order valence-electron chi connectivity index (χ4n) is 1.79. The Morgan fingerprint density at radius 1 is 1.35 bits per heavy atom. The molecular formula is C13H18BrNO2. The smallest absolute Gasteiger partial charge is 0.231 e. The maximum Gasteiger partial charge on any atom is 0.231 e. The van der Waals surface area contributed by atoms with Crippen LogP contribution < -0.4 is 14.8 Å². The molecule has 0 atom stereocenters. The zero-order valence-corrected chi connectivity index (χ0v) is 11.8. The summed E-state index contributed by atoms with van der Waals surface area (Å²) < 4.78 is 11.7. The molecule has 0 unspecified atom stereocenters. The first-order valence-corrected chi connectivity index (χ1v) is 6.75. The number of hydrogen-bond acceptors (Lipinski definition) is 3. The first kappa shape index (κ1) is 12.7. The molecular weight excluding hydrogens is 282 g/mol. The van der Waals surface area contributed by atoms with Gasteiger partial charge in [-0.15, -0.1) is 0 Å². The average Bonchev–Trinajstić information content (AvgIpc) is 2.72. The van der Waals surface area contributed by atoms with Crippen molar-refractivity contribution in [1.29, 1.82) is 0 Å². The normalized spacial score (nSPS) is 13.4. The number of rotatable bonds is 5. The summed E-state index contributed by atoms with van der Waals surface area (Å²) >= 11 is 3.50. The van der Waals surface area contributed by atoms with E-state index >= 15 is 0 Å². The molecule has 1 aromatic carbocycles. The highest BCUT2D eigenvalue weighted by atomic mass is 79.9. The third-order valence-electron chi connectivity index (χ3n) is 2.63. The monoisotopic (exact) mass is 299 g/mol. The Balaban J connectivity index is 1.91. The Morgan fingerprint density at radius 2 is 2.18 bits per heavy atom. The summed E-state index contributed by atoms with van der Waals surface area (Å²) in [6.45, 7) is 6.80. The molecule has 1 heterocycles. The van der Waals surface area contributed by atoms with Crippen LogP contribution in [0.3, 0.4) is 0 Å². The Morgan fingerprint density at radius 3 is 2.94 bits per heavy atom. The highest BCUT2D eigenvalue weighted by molar-refractivity contribution is 9.10. The van der Waals surface area contributed by atoms with E-state index in [1.807, 2.05) is 0 Å². The van der Waals surface area contributed by atoms with E-state index in [2.05, 4.69) is 47.2 Å². The standard InChI is InChI=1S/C13H18BrNO2/c1-9(2)7-15-4-3-10-5-11(14)13-12(6-10)16-8-17-13/h5-6,9,15H,3-4,7-8H2,1-2H3. The van der Waals surface area contributed by atoms with Gasteiger partial charge in [-0.05, 0) is 59.1 Å². The molecule has 17 heavy (non-hydrogen) atoms. The second-order valence-electron chi connectivity index (χ2n) is 4.66. The number of fused-ring (bicyclic) bond motifs is 1. The van der Waals surface area contributed by atoms with Crippen LogP contribution in [0.5, 0.6) is 11.5 Å². The minimum Gasteiger partial charge on any atom is -0.454 e. The van der Waals surface area contributed by atoms with Crippen LogP contribution in [-0.4, -0.2) is 19.9 Å². The second kappa shape index (κ2) is 5.74. The van der Waals surface area contributed by atoms with Gasteiger partial charge in [0.25, 0.3) is 0 Å². The van der Waals surface area contributed by atoms with Crippen molar-refractivity contribution in [3.8, 4) is 11.5 Å². The quantitative estimate of drug-likeness (QED) is 0.848. The SMILES string of the molecule is CC(C)CNCCc1cc(Br)c2c(c1)OCO2. The van der Waals surface area contributed by atoms with Gasteiger partial charge in [0.1, 0.15) is 0 Å². The molecule has 0 saturated heterocycles. The molecule has 0 spiro atoms. The molecule has 0 amide bonds. The number of halogens is 1. The van der Waals surface area contributed by atoms with E-state index in [-0.39, 0.29) is 0 Å².